The lowest BCUT2D eigenvalue weighted by Gasteiger charge is -2.30. The van der Waals surface area contributed by atoms with Crippen LogP contribution in [0.25, 0.3) is 16.9 Å². The first kappa shape index (κ1) is 16.5. The fourth-order valence-electron chi connectivity index (χ4n) is 3.22. The Balaban J connectivity index is 1.85. The van der Waals surface area contributed by atoms with E-state index in [1.807, 2.05) is 6.92 Å². The monoisotopic (exact) mass is 355 g/mol. The second kappa shape index (κ2) is 6.75. The molecule has 26 heavy (non-hydrogen) atoms. The van der Waals surface area contributed by atoms with Crippen molar-refractivity contribution in [3.63, 3.8) is 0 Å². The maximum Gasteiger partial charge on any atom is 0.234 e. The molecule has 9 nitrogen and oxygen atoms in total. The van der Waals surface area contributed by atoms with Gasteiger partial charge in [0.05, 0.1) is 12.8 Å². The predicted molar refractivity (Wildman–Crippen MR) is 98.3 cm³/mol. The summed E-state index contributed by atoms with van der Waals surface area (Å²) >= 11 is 0. The van der Waals surface area contributed by atoms with Gasteiger partial charge in [-0.15, -0.1) is 15.0 Å². The van der Waals surface area contributed by atoms with Gasteiger partial charge in [0.25, 0.3) is 0 Å². The van der Waals surface area contributed by atoms with Crippen LogP contribution in [-0.2, 0) is 6.42 Å². The number of hydrogen-bond acceptors (Lipinski definition) is 7. The zero-order valence-electron chi connectivity index (χ0n) is 14.8. The molecule has 3 aromatic heterocycles. The number of anilines is 1. The second-order valence-electron chi connectivity index (χ2n) is 6.11. The van der Waals surface area contributed by atoms with Crippen molar-refractivity contribution >= 4 is 16.9 Å². The standard InChI is InChI=1S/C17H21N7O2/c1-3-12-15(23-8-6-18-7-9-23)16(25)14-17(20-12)22-24(21-14)11-4-5-19-13(10-11)26-2/h4-5,10,18H,3,6-9H2,1-2H3,(H,20,22). The number of aromatic amines is 1. The van der Waals surface area contributed by atoms with Crippen LogP contribution in [-0.4, -0.2) is 58.3 Å². The molecule has 0 saturated carbocycles. The van der Waals surface area contributed by atoms with Crippen LogP contribution in [0.5, 0.6) is 5.88 Å². The third kappa shape index (κ3) is 2.80. The fourth-order valence-corrected chi connectivity index (χ4v) is 3.22. The Kier molecular flexibility index (Phi) is 4.29. The lowest BCUT2D eigenvalue weighted by atomic mass is 10.2. The number of hydrogen-bond donors (Lipinski definition) is 2. The maximum absolute atomic E-state index is 13.1. The van der Waals surface area contributed by atoms with Gasteiger partial charge in [-0.25, -0.2) is 4.98 Å². The molecule has 1 aliphatic rings. The van der Waals surface area contributed by atoms with Crippen LogP contribution < -0.4 is 20.4 Å². The van der Waals surface area contributed by atoms with Gasteiger partial charge in [0.15, 0.2) is 11.2 Å². The number of nitrogens with one attached hydrogen (secondary N) is 2. The second-order valence-corrected chi connectivity index (χ2v) is 6.11. The van der Waals surface area contributed by atoms with Crippen molar-refractivity contribution < 1.29 is 4.74 Å². The molecule has 1 aliphatic heterocycles. The number of pyridine rings is 2. The highest BCUT2D eigenvalue weighted by Gasteiger charge is 2.21. The predicted octanol–water partition coefficient (Wildman–Crippen LogP) is 0.484. The highest BCUT2D eigenvalue weighted by atomic mass is 16.5. The van der Waals surface area contributed by atoms with Gasteiger partial charge in [0.1, 0.15) is 5.69 Å². The van der Waals surface area contributed by atoms with Crippen LogP contribution >= 0.6 is 0 Å². The number of ether oxygens (including phenoxy) is 1. The van der Waals surface area contributed by atoms with Crippen molar-refractivity contribution in [1.29, 1.82) is 0 Å². The molecule has 3 aromatic rings. The largest absolute Gasteiger partial charge is 0.481 e. The summed E-state index contributed by atoms with van der Waals surface area (Å²) in [6.45, 7) is 5.36. The number of nitrogens with zero attached hydrogens (tertiary/aromatic N) is 5. The van der Waals surface area contributed by atoms with E-state index in [0.717, 1.165) is 38.3 Å². The first-order chi connectivity index (χ1) is 12.7. The van der Waals surface area contributed by atoms with Crippen molar-refractivity contribution in [3.05, 3.63) is 34.2 Å². The van der Waals surface area contributed by atoms with Gasteiger partial charge < -0.3 is 19.9 Å². The fraction of sp³-hybridized carbons (Fsp3) is 0.412. The van der Waals surface area contributed by atoms with Gasteiger partial charge in [-0.3, -0.25) is 4.79 Å². The molecule has 9 heteroatoms. The first-order valence-electron chi connectivity index (χ1n) is 8.69. The summed E-state index contributed by atoms with van der Waals surface area (Å²) in [6.07, 6.45) is 2.34. The molecule has 0 bridgehead atoms. The number of rotatable bonds is 4. The summed E-state index contributed by atoms with van der Waals surface area (Å²) in [5, 5.41) is 12.2. The molecular formula is C17H21N7O2. The van der Waals surface area contributed by atoms with Gasteiger partial charge in [-0.05, 0) is 12.5 Å². The molecule has 4 rings (SSSR count). The zero-order valence-corrected chi connectivity index (χ0v) is 14.8. The summed E-state index contributed by atoms with van der Waals surface area (Å²) in [5.41, 5.74) is 3.03. The molecule has 0 unspecified atom stereocenters. The Morgan fingerprint density at radius 2 is 2.08 bits per heavy atom. The van der Waals surface area contributed by atoms with E-state index in [0.29, 0.717) is 28.4 Å². The lowest BCUT2D eigenvalue weighted by Crippen LogP contribution is -2.45. The lowest BCUT2D eigenvalue weighted by molar-refractivity contribution is 0.397. The molecule has 0 atom stereocenters. The Hall–Kier alpha value is -2.94. The van der Waals surface area contributed by atoms with E-state index in [-0.39, 0.29) is 5.43 Å². The van der Waals surface area contributed by atoms with Crippen LogP contribution in [0, 0.1) is 0 Å². The quantitative estimate of drug-likeness (QED) is 0.702. The number of aryl methyl sites for hydroxylation is 1. The Labute approximate surface area is 150 Å². The van der Waals surface area contributed by atoms with Gasteiger partial charge in [0, 0.05) is 44.1 Å². The van der Waals surface area contributed by atoms with Crippen LogP contribution in [0.15, 0.2) is 23.1 Å². The third-order valence-electron chi connectivity index (χ3n) is 4.54. The summed E-state index contributed by atoms with van der Waals surface area (Å²) < 4.78 is 5.15. The van der Waals surface area contributed by atoms with E-state index in [2.05, 4.69) is 30.4 Å². The van der Waals surface area contributed by atoms with E-state index in [1.165, 1.54) is 4.80 Å². The number of aromatic nitrogens is 5. The van der Waals surface area contributed by atoms with E-state index < -0.39 is 0 Å². The molecular weight excluding hydrogens is 334 g/mol. The van der Waals surface area contributed by atoms with E-state index in [1.54, 1.807) is 25.4 Å². The summed E-state index contributed by atoms with van der Waals surface area (Å²) in [7, 11) is 1.55. The number of fused-ring (bicyclic) bond motifs is 1. The van der Waals surface area contributed by atoms with E-state index >= 15 is 0 Å². The minimum absolute atomic E-state index is 0.0789. The topological polar surface area (TPSA) is 101 Å². The van der Waals surface area contributed by atoms with Crippen LogP contribution in [0.3, 0.4) is 0 Å². The molecule has 0 aliphatic carbocycles. The Morgan fingerprint density at radius 3 is 2.81 bits per heavy atom. The number of H-pyrrole nitrogens is 1. The summed E-state index contributed by atoms with van der Waals surface area (Å²) in [4.78, 5) is 24.1. The van der Waals surface area contributed by atoms with Crippen LogP contribution in [0.2, 0.25) is 0 Å². The molecule has 0 aromatic carbocycles. The van der Waals surface area contributed by atoms with E-state index in [4.69, 9.17) is 4.74 Å². The number of piperazine rings is 1. The van der Waals surface area contributed by atoms with Gasteiger partial charge in [-0.1, -0.05) is 6.92 Å². The minimum Gasteiger partial charge on any atom is -0.481 e. The van der Waals surface area contributed by atoms with Gasteiger partial charge in [-0.2, -0.15) is 0 Å². The highest BCUT2D eigenvalue weighted by molar-refractivity contribution is 5.76. The van der Waals surface area contributed by atoms with Gasteiger partial charge in [0.2, 0.25) is 11.3 Å². The van der Waals surface area contributed by atoms with E-state index in [9.17, 15) is 4.79 Å². The van der Waals surface area contributed by atoms with Crippen LogP contribution in [0.4, 0.5) is 5.69 Å². The molecule has 4 heterocycles. The van der Waals surface area contributed by atoms with Gasteiger partial charge >= 0.3 is 0 Å². The van der Waals surface area contributed by atoms with Crippen molar-refractivity contribution in [2.45, 2.75) is 13.3 Å². The molecule has 1 fully saturated rings. The van der Waals surface area contributed by atoms with Crippen molar-refractivity contribution in [2.75, 3.05) is 38.2 Å². The maximum atomic E-state index is 13.1. The SMILES string of the molecule is CCc1[nH]c2nn(-c3ccnc(OC)c3)nc2c(=O)c1N1CCNCC1. The first-order valence-corrected chi connectivity index (χ1v) is 8.69. The average Bonchev–Trinajstić information content (AvgIpc) is 3.13. The molecule has 1 saturated heterocycles. The minimum atomic E-state index is -0.0789. The van der Waals surface area contributed by atoms with Crippen LogP contribution in [0.1, 0.15) is 12.6 Å². The van der Waals surface area contributed by atoms with Crippen molar-refractivity contribution in [3.8, 4) is 11.6 Å². The molecule has 136 valence electrons. The smallest absolute Gasteiger partial charge is 0.234 e. The Morgan fingerprint density at radius 1 is 1.27 bits per heavy atom. The Bertz CT molecular complexity index is 988. The van der Waals surface area contributed by atoms with Crippen molar-refractivity contribution in [1.82, 2.24) is 30.3 Å². The average molecular weight is 355 g/mol. The molecule has 0 spiro atoms. The summed E-state index contributed by atoms with van der Waals surface area (Å²) in [5.74, 6) is 0.464. The highest BCUT2D eigenvalue weighted by Crippen LogP contribution is 2.20. The third-order valence-corrected chi connectivity index (χ3v) is 4.54. The normalized spacial score (nSPS) is 14.8. The van der Waals surface area contributed by atoms with Crippen molar-refractivity contribution in [2.24, 2.45) is 0 Å². The zero-order chi connectivity index (χ0) is 18.1. The molecule has 2 N–H and O–H groups in total. The number of methoxy groups -OCH3 is 1. The summed E-state index contributed by atoms with van der Waals surface area (Å²) in [6, 6.07) is 3.49. The molecule has 0 amide bonds. The molecule has 0 radical (unpaired) electrons.